The SMILES string of the molecule is CC(=O)NS(=O)(=O)c1ccn(C(C)C)n1.CC(C)n1ccc(S(N)(=O)=O)n1. The second-order valence-electron chi connectivity index (χ2n) is 6.16. The number of rotatable bonds is 5. The fraction of sp³-hybridized carbons (Fsp3) is 0.500. The van der Waals surface area contributed by atoms with Crippen LogP contribution in [0.2, 0.25) is 0 Å². The molecule has 0 spiro atoms. The molecule has 13 heteroatoms. The van der Waals surface area contributed by atoms with Gasteiger partial charge in [0.15, 0.2) is 10.1 Å². The summed E-state index contributed by atoms with van der Waals surface area (Å²) in [6, 6.07) is 2.95. The van der Waals surface area contributed by atoms with E-state index in [1.165, 1.54) is 16.8 Å². The van der Waals surface area contributed by atoms with Crippen molar-refractivity contribution < 1.29 is 21.6 Å². The maximum absolute atomic E-state index is 11.5. The zero-order chi connectivity index (χ0) is 21.0. The van der Waals surface area contributed by atoms with Crippen LogP contribution in [0.5, 0.6) is 0 Å². The third-order valence-electron chi connectivity index (χ3n) is 3.07. The predicted molar refractivity (Wildman–Crippen MR) is 97.6 cm³/mol. The van der Waals surface area contributed by atoms with Gasteiger partial charge in [-0.2, -0.15) is 18.6 Å². The Morgan fingerprint density at radius 1 is 0.963 bits per heavy atom. The first-order chi connectivity index (χ1) is 12.2. The fourth-order valence-electron chi connectivity index (χ4n) is 1.75. The van der Waals surface area contributed by atoms with Crippen molar-refractivity contribution in [2.24, 2.45) is 5.14 Å². The van der Waals surface area contributed by atoms with Gasteiger partial charge in [-0.25, -0.2) is 18.3 Å². The zero-order valence-electron chi connectivity index (χ0n) is 15.7. The standard InChI is InChI=1S/C8H13N3O3S.C6H11N3O2S/c1-6(2)11-5-4-8(9-11)15(13,14)10-7(3)12;1-5(2)9-4-3-6(8-9)12(7,10)11/h4-6H,1-3H3,(H,10,12);3-5H,1-2H3,(H2,7,10,11). The lowest BCUT2D eigenvalue weighted by atomic mass is 10.4. The second-order valence-corrected chi connectivity index (χ2v) is 9.30. The van der Waals surface area contributed by atoms with Gasteiger partial charge in [0.2, 0.25) is 5.91 Å². The van der Waals surface area contributed by atoms with Gasteiger partial charge in [-0.15, -0.1) is 0 Å². The van der Waals surface area contributed by atoms with Gasteiger partial charge >= 0.3 is 0 Å². The van der Waals surface area contributed by atoms with E-state index in [4.69, 9.17) is 5.14 Å². The topological polar surface area (TPSA) is 159 Å². The fourth-order valence-corrected chi connectivity index (χ4v) is 3.14. The Hall–Kier alpha value is -2.25. The van der Waals surface area contributed by atoms with Crippen molar-refractivity contribution in [3.8, 4) is 0 Å². The van der Waals surface area contributed by atoms with E-state index in [1.807, 2.05) is 32.4 Å². The van der Waals surface area contributed by atoms with Crippen LogP contribution < -0.4 is 9.86 Å². The Labute approximate surface area is 158 Å². The summed E-state index contributed by atoms with van der Waals surface area (Å²) in [7, 11) is -7.45. The second kappa shape index (κ2) is 8.63. The minimum atomic E-state index is -3.80. The van der Waals surface area contributed by atoms with Crippen LogP contribution in [0.1, 0.15) is 46.7 Å². The van der Waals surface area contributed by atoms with Crippen molar-refractivity contribution in [3.05, 3.63) is 24.5 Å². The highest BCUT2D eigenvalue weighted by molar-refractivity contribution is 7.90. The molecular formula is C14H24N6O5S2. The number of amides is 1. The predicted octanol–water partition coefficient (Wildman–Crippen LogP) is 0.400. The van der Waals surface area contributed by atoms with E-state index in [0.29, 0.717) is 0 Å². The van der Waals surface area contributed by atoms with E-state index in [1.54, 1.807) is 17.1 Å². The molecule has 2 heterocycles. The number of carbonyl (C=O) groups is 1. The molecule has 0 atom stereocenters. The third kappa shape index (κ3) is 6.77. The highest BCUT2D eigenvalue weighted by Crippen LogP contribution is 2.09. The van der Waals surface area contributed by atoms with E-state index in [2.05, 4.69) is 10.2 Å². The molecule has 0 unspecified atom stereocenters. The lowest BCUT2D eigenvalue weighted by Gasteiger charge is -2.04. The van der Waals surface area contributed by atoms with Crippen molar-refractivity contribution in [2.45, 2.75) is 56.8 Å². The van der Waals surface area contributed by atoms with Gasteiger partial charge in [-0.1, -0.05) is 0 Å². The minimum Gasteiger partial charge on any atom is -0.274 e. The van der Waals surface area contributed by atoms with E-state index >= 15 is 0 Å². The largest absolute Gasteiger partial charge is 0.283 e. The quantitative estimate of drug-likeness (QED) is 0.708. The Morgan fingerprint density at radius 3 is 1.67 bits per heavy atom. The van der Waals surface area contributed by atoms with E-state index in [9.17, 15) is 21.6 Å². The molecule has 2 aromatic rings. The summed E-state index contributed by atoms with van der Waals surface area (Å²) in [6.45, 7) is 8.69. The zero-order valence-corrected chi connectivity index (χ0v) is 17.3. The molecule has 3 N–H and O–H groups in total. The summed E-state index contributed by atoms with van der Waals surface area (Å²) in [5.41, 5.74) is 0. The smallest absolute Gasteiger partial charge is 0.274 e. The molecule has 0 aliphatic carbocycles. The van der Waals surface area contributed by atoms with Gasteiger partial charge in [0.25, 0.3) is 20.0 Å². The van der Waals surface area contributed by atoms with Crippen LogP contribution in [0.3, 0.4) is 0 Å². The van der Waals surface area contributed by atoms with Gasteiger partial charge in [0.05, 0.1) is 0 Å². The van der Waals surface area contributed by atoms with Gasteiger partial charge in [0.1, 0.15) is 0 Å². The first-order valence-electron chi connectivity index (χ1n) is 7.90. The summed E-state index contributed by atoms with van der Waals surface area (Å²) in [5.74, 6) is -0.630. The average Bonchev–Trinajstić information content (AvgIpc) is 3.16. The number of nitrogens with two attached hydrogens (primary N) is 1. The molecule has 0 aliphatic rings. The van der Waals surface area contributed by atoms with E-state index in [-0.39, 0.29) is 22.1 Å². The van der Waals surface area contributed by atoms with Crippen LogP contribution >= 0.6 is 0 Å². The summed E-state index contributed by atoms with van der Waals surface area (Å²) < 4.78 is 49.4. The summed E-state index contributed by atoms with van der Waals surface area (Å²) >= 11 is 0. The number of primary sulfonamides is 1. The first-order valence-corrected chi connectivity index (χ1v) is 10.9. The number of nitrogens with one attached hydrogen (secondary N) is 1. The van der Waals surface area contributed by atoms with Crippen molar-refractivity contribution in [3.63, 3.8) is 0 Å². The van der Waals surface area contributed by atoms with Crippen molar-refractivity contribution in [1.82, 2.24) is 24.3 Å². The van der Waals surface area contributed by atoms with Crippen molar-refractivity contribution in [1.29, 1.82) is 0 Å². The summed E-state index contributed by atoms with van der Waals surface area (Å²) in [5, 5.41) is 12.3. The Balaban J connectivity index is 0.000000277. The first kappa shape index (κ1) is 22.8. The van der Waals surface area contributed by atoms with Crippen LogP contribution in [-0.4, -0.2) is 42.3 Å². The molecule has 0 bridgehead atoms. The third-order valence-corrected chi connectivity index (χ3v) is 5.20. The van der Waals surface area contributed by atoms with Crippen molar-refractivity contribution >= 4 is 26.0 Å². The number of nitrogens with zero attached hydrogens (tertiary/aromatic N) is 4. The van der Waals surface area contributed by atoms with Gasteiger partial charge < -0.3 is 0 Å². The summed E-state index contributed by atoms with van der Waals surface area (Å²) in [6.07, 6.45) is 3.14. The van der Waals surface area contributed by atoms with Crippen LogP contribution in [0.4, 0.5) is 0 Å². The molecule has 0 aromatic carbocycles. The molecule has 0 fully saturated rings. The average molecular weight is 421 g/mol. The number of sulfonamides is 2. The molecule has 11 nitrogen and oxygen atoms in total. The molecule has 152 valence electrons. The molecule has 0 saturated carbocycles. The van der Waals surface area contributed by atoms with Crippen LogP contribution in [-0.2, 0) is 24.8 Å². The highest BCUT2D eigenvalue weighted by Gasteiger charge is 2.19. The van der Waals surface area contributed by atoms with Gasteiger partial charge in [-0.3, -0.25) is 14.2 Å². The lowest BCUT2D eigenvalue weighted by Crippen LogP contribution is -2.28. The lowest BCUT2D eigenvalue weighted by molar-refractivity contribution is -0.117. The van der Waals surface area contributed by atoms with Crippen LogP contribution in [0.15, 0.2) is 34.6 Å². The number of hydrogen-bond donors (Lipinski definition) is 2. The molecule has 0 radical (unpaired) electrons. The van der Waals surface area contributed by atoms with Crippen LogP contribution in [0, 0.1) is 0 Å². The maximum Gasteiger partial charge on any atom is 0.283 e. The molecule has 0 aliphatic heterocycles. The number of aromatic nitrogens is 4. The molecule has 2 aromatic heterocycles. The van der Waals surface area contributed by atoms with Crippen molar-refractivity contribution in [2.75, 3.05) is 0 Å². The van der Waals surface area contributed by atoms with Crippen LogP contribution in [0.25, 0.3) is 0 Å². The van der Waals surface area contributed by atoms with Gasteiger partial charge in [-0.05, 0) is 39.8 Å². The van der Waals surface area contributed by atoms with E-state index in [0.717, 1.165) is 6.92 Å². The Kier molecular flexibility index (Phi) is 7.28. The Bertz CT molecular complexity index is 989. The number of carbonyl (C=O) groups excluding carboxylic acids is 1. The molecular weight excluding hydrogens is 396 g/mol. The molecule has 2 rings (SSSR count). The van der Waals surface area contributed by atoms with Gasteiger partial charge in [0, 0.05) is 31.4 Å². The highest BCUT2D eigenvalue weighted by atomic mass is 32.2. The normalized spacial score (nSPS) is 12.0. The Morgan fingerprint density at radius 2 is 1.37 bits per heavy atom. The monoisotopic (exact) mass is 420 g/mol. The minimum absolute atomic E-state index is 0.0753. The maximum atomic E-state index is 11.5. The van der Waals surface area contributed by atoms with E-state index < -0.39 is 26.0 Å². The number of hydrogen-bond acceptors (Lipinski definition) is 7. The molecule has 1 amide bonds. The molecule has 0 saturated heterocycles. The summed E-state index contributed by atoms with van der Waals surface area (Å²) in [4.78, 5) is 10.6. The molecule has 27 heavy (non-hydrogen) atoms.